The van der Waals surface area contributed by atoms with E-state index in [1.165, 1.54) is 0 Å². The molecule has 0 heterocycles. The zero-order valence-electron chi connectivity index (χ0n) is 9.32. The van der Waals surface area contributed by atoms with Gasteiger partial charge in [0.2, 0.25) is 0 Å². The van der Waals surface area contributed by atoms with Crippen LogP contribution in [0.25, 0.3) is 0 Å². The van der Waals surface area contributed by atoms with Gasteiger partial charge < -0.3 is 10.1 Å². The topological polar surface area (TPSA) is 38.3 Å². The zero-order chi connectivity index (χ0) is 11.3. The lowest BCUT2D eigenvalue weighted by Crippen LogP contribution is -2.22. The van der Waals surface area contributed by atoms with Crippen LogP contribution in [0.2, 0.25) is 0 Å². The van der Waals surface area contributed by atoms with Crippen molar-refractivity contribution in [1.29, 1.82) is 0 Å². The third-order valence-corrected chi connectivity index (χ3v) is 3.05. The van der Waals surface area contributed by atoms with Gasteiger partial charge in [0.1, 0.15) is 5.75 Å². The van der Waals surface area contributed by atoms with E-state index in [4.69, 9.17) is 4.74 Å². The van der Waals surface area contributed by atoms with Crippen LogP contribution >= 0.6 is 0 Å². The van der Waals surface area contributed by atoms with Gasteiger partial charge in [-0.25, -0.2) is 0 Å². The second-order valence-corrected chi connectivity index (χ2v) is 4.84. The molecule has 15 heavy (non-hydrogen) atoms. The van der Waals surface area contributed by atoms with Gasteiger partial charge in [0.25, 0.3) is 0 Å². The van der Waals surface area contributed by atoms with E-state index in [0.717, 1.165) is 11.3 Å². The maximum absolute atomic E-state index is 11.2. The molecule has 0 aliphatic heterocycles. The molecule has 0 amide bonds. The van der Waals surface area contributed by atoms with Crippen LogP contribution in [0, 0.1) is 0 Å². The molecule has 84 valence electrons. The summed E-state index contributed by atoms with van der Waals surface area (Å²) in [5.74, 6) is 1.44. The van der Waals surface area contributed by atoms with Gasteiger partial charge >= 0.3 is 0 Å². The summed E-state index contributed by atoms with van der Waals surface area (Å²) in [6.07, 6.45) is 1.71. The number of rotatable bonds is 5. The predicted molar refractivity (Wildman–Crippen MR) is 63.7 cm³/mol. The minimum absolute atomic E-state index is 0.117. The quantitative estimate of drug-likeness (QED) is 0.825. The summed E-state index contributed by atoms with van der Waals surface area (Å²) in [7, 11) is 2.71. The van der Waals surface area contributed by atoms with Crippen molar-refractivity contribution in [1.82, 2.24) is 5.32 Å². The monoisotopic (exact) mass is 227 g/mol. The summed E-state index contributed by atoms with van der Waals surface area (Å²) in [5.41, 5.74) is 1.10. The van der Waals surface area contributed by atoms with Crippen LogP contribution in [0.4, 0.5) is 0 Å². The van der Waals surface area contributed by atoms with E-state index in [0.29, 0.717) is 5.75 Å². The highest BCUT2D eigenvalue weighted by Gasteiger charge is 2.11. The zero-order valence-corrected chi connectivity index (χ0v) is 10.1. The number of methoxy groups -OCH3 is 1. The molecule has 0 aliphatic carbocycles. The van der Waals surface area contributed by atoms with Crippen molar-refractivity contribution in [3.8, 4) is 5.75 Å². The van der Waals surface area contributed by atoms with Gasteiger partial charge in [-0.2, -0.15) is 0 Å². The number of hydrogen-bond donors (Lipinski definition) is 1. The summed E-state index contributed by atoms with van der Waals surface area (Å²) in [6, 6.07) is 7.94. The molecule has 0 saturated heterocycles. The van der Waals surface area contributed by atoms with Crippen LogP contribution in [0.1, 0.15) is 11.6 Å². The van der Waals surface area contributed by atoms with Crippen LogP contribution in [-0.4, -0.2) is 30.4 Å². The molecule has 2 atom stereocenters. The van der Waals surface area contributed by atoms with Crippen LogP contribution in [0.3, 0.4) is 0 Å². The average molecular weight is 227 g/mol. The van der Waals surface area contributed by atoms with E-state index >= 15 is 0 Å². The highest BCUT2D eigenvalue weighted by atomic mass is 32.2. The van der Waals surface area contributed by atoms with Crippen molar-refractivity contribution in [2.75, 3.05) is 26.2 Å². The third kappa shape index (κ3) is 3.64. The first-order valence-electron chi connectivity index (χ1n) is 4.78. The summed E-state index contributed by atoms with van der Waals surface area (Å²) in [4.78, 5) is 0. The first-order chi connectivity index (χ1) is 7.17. The standard InChI is InChI=1S/C11H17NO2S/c1-12-11(8-15(3)13)9-5-4-6-10(7-9)14-2/h4-7,11-12H,8H2,1-3H3. The van der Waals surface area contributed by atoms with Gasteiger partial charge in [0.05, 0.1) is 7.11 Å². The van der Waals surface area contributed by atoms with Crippen molar-refractivity contribution in [3.63, 3.8) is 0 Å². The Hall–Kier alpha value is -0.870. The molecule has 0 spiro atoms. The first-order valence-corrected chi connectivity index (χ1v) is 6.51. The molecule has 0 aliphatic rings. The van der Waals surface area contributed by atoms with Crippen LogP contribution in [-0.2, 0) is 10.8 Å². The maximum Gasteiger partial charge on any atom is 0.119 e. The van der Waals surface area contributed by atoms with Gasteiger partial charge in [-0.1, -0.05) is 12.1 Å². The molecule has 1 rings (SSSR count). The van der Waals surface area contributed by atoms with E-state index in [9.17, 15) is 4.21 Å². The lowest BCUT2D eigenvalue weighted by molar-refractivity contribution is 0.413. The van der Waals surface area contributed by atoms with E-state index in [1.807, 2.05) is 31.3 Å². The molecule has 2 unspecified atom stereocenters. The molecule has 1 N–H and O–H groups in total. The van der Waals surface area contributed by atoms with Crippen molar-refractivity contribution in [2.24, 2.45) is 0 Å². The number of benzene rings is 1. The highest BCUT2D eigenvalue weighted by Crippen LogP contribution is 2.19. The molecule has 0 bridgehead atoms. The Labute approximate surface area is 93.3 Å². The van der Waals surface area contributed by atoms with Crippen LogP contribution in [0.15, 0.2) is 24.3 Å². The van der Waals surface area contributed by atoms with E-state index in [-0.39, 0.29) is 6.04 Å². The van der Waals surface area contributed by atoms with Crippen molar-refractivity contribution >= 4 is 10.8 Å². The van der Waals surface area contributed by atoms with E-state index < -0.39 is 10.8 Å². The minimum atomic E-state index is -0.808. The molecule has 1 aromatic rings. The van der Waals surface area contributed by atoms with Gasteiger partial charge in [0.15, 0.2) is 0 Å². The first kappa shape index (κ1) is 12.2. The van der Waals surface area contributed by atoms with Crippen LogP contribution < -0.4 is 10.1 Å². The molecule has 0 fully saturated rings. The van der Waals surface area contributed by atoms with E-state index in [2.05, 4.69) is 5.32 Å². The average Bonchev–Trinajstić information content (AvgIpc) is 2.25. The molecule has 1 aromatic carbocycles. The maximum atomic E-state index is 11.2. The number of hydrogen-bond acceptors (Lipinski definition) is 3. The molecule has 0 saturated carbocycles. The fourth-order valence-electron chi connectivity index (χ4n) is 1.44. The molecule has 0 radical (unpaired) electrons. The highest BCUT2D eigenvalue weighted by molar-refractivity contribution is 7.84. The summed E-state index contributed by atoms with van der Waals surface area (Å²) in [6.45, 7) is 0. The Morgan fingerprint density at radius 1 is 1.53 bits per heavy atom. The van der Waals surface area contributed by atoms with Gasteiger partial charge in [-0.05, 0) is 24.7 Å². The predicted octanol–water partition coefficient (Wildman–Crippen LogP) is 1.33. The Balaban J connectivity index is 2.85. The second-order valence-electron chi connectivity index (χ2n) is 3.36. The molecule has 0 aromatic heterocycles. The van der Waals surface area contributed by atoms with E-state index in [1.54, 1.807) is 13.4 Å². The van der Waals surface area contributed by atoms with Crippen molar-refractivity contribution in [3.05, 3.63) is 29.8 Å². The molecular weight excluding hydrogens is 210 g/mol. The summed E-state index contributed by atoms with van der Waals surface area (Å²) >= 11 is 0. The Kier molecular flexibility index (Phi) is 4.78. The van der Waals surface area contributed by atoms with Crippen molar-refractivity contribution in [2.45, 2.75) is 6.04 Å². The smallest absolute Gasteiger partial charge is 0.119 e. The SMILES string of the molecule is CNC(CS(C)=O)c1cccc(OC)c1. The van der Waals surface area contributed by atoms with Gasteiger partial charge in [-0.3, -0.25) is 4.21 Å². The Morgan fingerprint density at radius 2 is 2.27 bits per heavy atom. The number of ether oxygens (including phenoxy) is 1. The Bertz CT molecular complexity index is 341. The fraction of sp³-hybridized carbons (Fsp3) is 0.455. The molecular formula is C11H17NO2S. The Morgan fingerprint density at radius 3 is 2.80 bits per heavy atom. The lowest BCUT2D eigenvalue weighted by Gasteiger charge is -2.15. The van der Waals surface area contributed by atoms with Gasteiger partial charge in [-0.15, -0.1) is 0 Å². The fourth-order valence-corrected chi connectivity index (χ4v) is 2.27. The second kappa shape index (κ2) is 5.88. The minimum Gasteiger partial charge on any atom is -0.497 e. The van der Waals surface area contributed by atoms with Gasteiger partial charge in [0, 0.05) is 28.9 Å². The lowest BCUT2D eigenvalue weighted by atomic mass is 10.1. The third-order valence-electron chi connectivity index (χ3n) is 2.25. The largest absolute Gasteiger partial charge is 0.497 e. The molecule has 4 heteroatoms. The normalized spacial score (nSPS) is 14.6. The van der Waals surface area contributed by atoms with Crippen molar-refractivity contribution < 1.29 is 8.95 Å². The summed E-state index contributed by atoms with van der Waals surface area (Å²) < 4.78 is 16.3. The van der Waals surface area contributed by atoms with Crippen LogP contribution in [0.5, 0.6) is 5.75 Å². The summed E-state index contributed by atoms with van der Waals surface area (Å²) in [5, 5.41) is 3.15. The number of nitrogens with one attached hydrogen (secondary N) is 1. The molecule has 3 nitrogen and oxygen atoms in total.